The highest BCUT2D eigenvalue weighted by Gasteiger charge is 2.31. The van der Waals surface area contributed by atoms with Gasteiger partial charge in [-0.05, 0) is 32.6 Å². The Balaban J connectivity index is 1.66. The number of hydrogen-bond donors (Lipinski definition) is 3. The van der Waals surface area contributed by atoms with E-state index in [0.29, 0.717) is 24.6 Å². The van der Waals surface area contributed by atoms with E-state index in [0.717, 1.165) is 24.1 Å². The first kappa shape index (κ1) is 13.6. The van der Waals surface area contributed by atoms with Crippen LogP contribution >= 0.6 is 0 Å². The van der Waals surface area contributed by atoms with E-state index in [4.69, 9.17) is 4.74 Å². The van der Waals surface area contributed by atoms with Gasteiger partial charge in [0.1, 0.15) is 0 Å². The topological polar surface area (TPSA) is 87.2 Å². The Kier molecular flexibility index (Phi) is 3.52. The van der Waals surface area contributed by atoms with Gasteiger partial charge in [0.05, 0.1) is 24.0 Å². The van der Waals surface area contributed by atoms with E-state index in [1.54, 1.807) is 0 Å². The van der Waals surface area contributed by atoms with E-state index in [1.165, 1.54) is 0 Å². The molecule has 1 aromatic heterocycles. The quantitative estimate of drug-likeness (QED) is 0.768. The molecule has 1 aliphatic heterocycles. The molecule has 3 rings (SSSR count). The molecule has 1 amide bonds. The first-order valence-corrected chi connectivity index (χ1v) is 7.23. The van der Waals surface area contributed by atoms with Crippen molar-refractivity contribution in [3.8, 4) is 0 Å². The number of nitrogens with one attached hydrogen (secondary N) is 2. The van der Waals surface area contributed by atoms with Gasteiger partial charge in [-0.3, -0.25) is 9.89 Å². The van der Waals surface area contributed by atoms with E-state index in [1.807, 2.05) is 13.8 Å². The Morgan fingerprint density at radius 1 is 1.50 bits per heavy atom. The van der Waals surface area contributed by atoms with Crippen LogP contribution in [0.15, 0.2) is 0 Å². The molecule has 0 spiro atoms. The fraction of sp³-hybridized carbons (Fsp3) is 0.714. The minimum absolute atomic E-state index is 0.0513. The molecular formula is C14H21N3O3. The van der Waals surface area contributed by atoms with Crippen molar-refractivity contribution in [3.63, 3.8) is 0 Å². The van der Waals surface area contributed by atoms with Crippen molar-refractivity contribution < 1.29 is 14.6 Å². The summed E-state index contributed by atoms with van der Waals surface area (Å²) in [5.74, 6) is 0.259. The molecular weight excluding hydrogens is 258 g/mol. The predicted molar refractivity (Wildman–Crippen MR) is 72.3 cm³/mol. The average molecular weight is 279 g/mol. The number of carbonyl (C=O) groups is 1. The van der Waals surface area contributed by atoms with E-state index in [2.05, 4.69) is 15.5 Å². The van der Waals surface area contributed by atoms with Gasteiger partial charge in [-0.25, -0.2) is 0 Å². The van der Waals surface area contributed by atoms with Crippen LogP contribution in [0.1, 0.15) is 54.5 Å². The third-order valence-corrected chi connectivity index (χ3v) is 4.21. The lowest BCUT2D eigenvalue weighted by Crippen LogP contribution is -2.38. The van der Waals surface area contributed by atoms with Gasteiger partial charge in [0.15, 0.2) is 5.69 Å². The molecule has 6 nitrogen and oxygen atoms in total. The highest BCUT2D eigenvalue weighted by Crippen LogP contribution is 2.30. The molecule has 6 heteroatoms. The van der Waals surface area contributed by atoms with Crippen LogP contribution in [0.3, 0.4) is 0 Å². The van der Waals surface area contributed by atoms with E-state index in [9.17, 15) is 9.90 Å². The minimum Gasteiger partial charge on any atom is -0.393 e. The van der Waals surface area contributed by atoms with Crippen molar-refractivity contribution in [1.82, 2.24) is 15.5 Å². The van der Waals surface area contributed by atoms with Gasteiger partial charge in [0, 0.05) is 18.5 Å². The van der Waals surface area contributed by atoms with E-state index >= 15 is 0 Å². The molecule has 2 aliphatic rings. The molecule has 0 unspecified atom stereocenters. The van der Waals surface area contributed by atoms with Crippen LogP contribution in [0.2, 0.25) is 0 Å². The molecule has 1 fully saturated rings. The smallest absolute Gasteiger partial charge is 0.272 e. The molecule has 2 atom stereocenters. The molecule has 1 aromatic rings. The second-order valence-electron chi connectivity index (χ2n) is 5.96. The number of H-pyrrole nitrogens is 1. The first-order valence-electron chi connectivity index (χ1n) is 7.23. The molecule has 0 saturated heterocycles. The lowest BCUT2D eigenvalue weighted by molar-refractivity contribution is -0.00698. The van der Waals surface area contributed by atoms with Gasteiger partial charge >= 0.3 is 0 Å². The third-order valence-electron chi connectivity index (χ3n) is 4.21. The number of rotatable bonds is 3. The summed E-state index contributed by atoms with van der Waals surface area (Å²) in [7, 11) is 0. The number of nitrogens with zero attached hydrogens (tertiary/aromatic N) is 1. The summed E-state index contributed by atoms with van der Waals surface area (Å²) < 4.78 is 5.71. The van der Waals surface area contributed by atoms with Crippen molar-refractivity contribution in [2.24, 2.45) is 5.92 Å². The van der Waals surface area contributed by atoms with Crippen LogP contribution in [0.4, 0.5) is 0 Å². The lowest BCUT2D eigenvalue weighted by atomic mass is 9.82. The Bertz CT molecular complexity index is 508. The fourth-order valence-electron chi connectivity index (χ4n) is 3.05. The molecule has 2 heterocycles. The van der Waals surface area contributed by atoms with Gasteiger partial charge in [0.2, 0.25) is 0 Å². The number of ether oxygens (including phenoxy) is 1. The second-order valence-corrected chi connectivity index (χ2v) is 5.96. The zero-order chi connectivity index (χ0) is 14.3. The van der Waals surface area contributed by atoms with Crippen molar-refractivity contribution in [2.75, 3.05) is 6.54 Å². The average Bonchev–Trinajstić information content (AvgIpc) is 2.76. The summed E-state index contributed by atoms with van der Waals surface area (Å²) >= 11 is 0. The lowest BCUT2D eigenvalue weighted by Gasteiger charge is -2.31. The third kappa shape index (κ3) is 2.45. The van der Waals surface area contributed by atoms with Gasteiger partial charge in [-0.1, -0.05) is 0 Å². The number of aromatic nitrogens is 2. The van der Waals surface area contributed by atoms with Crippen LogP contribution in [-0.4, -0.2) is 40.0 Å². The maximum Gasteiger partial charge on any atom is 0.272 e. The summed E-state index contributed by atoms with van der Waals surface area (Å²) in [4.78, 5) is 12.2. The van der Waals surface area contributed by atoms with Crippen molar-refractivity contribution in [3.05, 3.63) is 17.0 Å². The maximum atomic E-state index is 12.2. The molecule has 110 valence electrons. The molecule has 0 aromatic carbocycles. The number of carbonyl (C=O) groups excluding carboxylic acids is 1. The van der Waals surface area contributed by atoms with Crippen LogP contribution in [0.5, 0.6) is 0 Å². The standard InChI is InChI=1S/C14H21N3O3/c1-7-3-11-12(8(2)20-7)16-17-13(11)14(19)15-6-9-4-10(18)5-9/h7-10,18H,3-6H2,1-2H3,(H,15,19)(H,16,17)/t7-,8+,9?,10?/m1/s1. The number of aromatic amines is 1. The van der Waals surface area contributed by atoms with Crippen molar-refractivity contribution in [2.45, 2.75) is 51.4 Å². The van der Waals surface area contributed by atoms with Crippen LogP contribution in [-0.2, 0) is 11.2 Å². The van der Waals surface area contributed by atoms with Crippen LogP contribution in [0, 0.1) is 5.92 Å². The summed E-state index contributed by atoms with van der Waals surface area (Å²) in [6.45, 7) is 4.58. The van der Waals surface area contributed by atoms with Gasteiger partial charge < -0.3 is 15.2 Å². The van der Waals surface area contributed by atoms with Crippen molar-refractivity contribution >= 4 is 5.91 Å². The number of hydrogen-bond acceptors (Lipinski definition) is 4. The molecule has 20 heavy (non-hydrogen) atoms. The second kappa shape index (κ2) is 5.18. The normalized spacial score (nSPS) is 32.4. The molecule has 3 N–H and O–H groups in total. The number of aliphatic hydroxyl groups is 1. The maximum absolute atomic E-state index is 12.2. The summed E-state index contributed by atoms with van der Waals surface area (Å²) in [6.07, 6.45) is 2.13. The van der Waals surface area contributed by atoms with E-state index in [-0.39, 0.29) is 24.2 Å². The molecule has 1 aliphatic carbocycles. The Morgan fingerprint density at radius 3 is 2.95 bits per heavy atom. The number of amides is 1. The Morgan fingerprint density at radius 2 is 2.25 bits per heavy atom. The molecule has 0 bridgehead atoms. The molecule has 0 radical (unpaired) electrons. The van der Waals surface area contributed by atoms with Gasteiger partial charge in [-0.15, -0.1) is 0 Å². The number of fused-ring (bicyclic) bond motifs is 1. The van der Waals surface area contributed by atoms with Gasteiger partial charge in [-0.2, -0.15) is 5.10 Å². The molecule has 1 saturated carbocycles. The predicted octanol–water partition coefficient (Wildman–Crippen LogP) is 0.933. The van der Waals surface area contributed by atoms with Gasteiger partial charge in [0.25, 0.3) is 5.91 Å². The summed E-state index contributed by atoms with van der Waals surface area (Å²) in [5, 5.41) is 19.2. The highest BCUT2D eigenvalue weighted by molar-refractivity contribution is 5.94. The first-order chi connectivity index (χ1) is 9.54. The van der Waals surface area contributed by atoms with Crippen molar-refractivity contribution in [1.29, 1.82) is 0 Å². The largest absolute Gasteiger partial charge is 0.393 e. The minimum atomic E-state index is -0.186. The number of aliphatic hydroxyl groups excluding tert-OH is 1. The summed E-state index contributed by atoms with van der Waals surface area (Å²) in [5.41, 5.74) is 2.37. The zero-order valence-electron chi connectivity index (χ0n) is 11.8. The Labute approximate surface area is 117 Å². The highest BCUT2D eigenvalue weighted by atomic mass is 16.5. The van der Waals surface area contributed by atoms with Crippen LogP contribution in [0.25, 0.3) is 0 Å². The fourth-order valence-corrected chi connectivity index (χ4v) is 3.05. The monoisotopic (exact) mass is 279 g/mol. The Hall–Kier alpha value is -1.40. The summed E-state index contributed by atoms with van der Waals surface area (Å²) in [6, 6.07) is 0. The van der Waals surface area contributed by atoms with E-state index < -0.39 is 0 Å². The SMILES string of the molecule is C[C@@H]1Cc2c(C(=O)NCC3CC(O)C3)n[nH]c2[C@H](C)O1. The van der Waals surface area contributed by atoms with Crippen LogP contribution < -0.4 is 5.32 Å². The zero-order valence-corrected chi connectivity index (χ0v) is 11.8.